The molecule has 0 aliphatic carbocycles. The van der Waals surface area contributed by atoms with E-state index in [1.54, 1.807) is 12.1 Å². The minimum Gasteiger partial charge on any atom is -0.478 e. The van der Waals surface area contributed by atoms with Gasteiger partial charge in [0.1, 0.15) is 0 Å². The SMILES string of the molecule is O=C(O)c1cc(C[C@H]2CCOC2)n2cccc(Cl)c12. The van der Waals surface area contributed by atoms with E-state index in [-0.39, 0.29) is 5.56 Å². The van der Waals surface area contributed by atoms with Gasteiger partial charge in [0.05, 0.1) is 16.1 Å². The maximum Gasteiger partial charge on any atom is 0.337 e. The molecule has 1 aliphatic rings. The number of ether oxygens (including phenoxy) is 1. The first kappa shape index (κ1) is 12.5. The quantitative estimate of drug-likeness (QED) is 0.940. The molecule has 1 fully saturated rings. The Labute approximate surface area is 115 Å². The number of hydrogen-bond donors (Lipinski definition) is 1. The van der Waals surface area contributed by atoms with Crippen LogP contribution in [0.5, 0.6) is 0 Å². The van der Waals surface area contributed by atoms with Crippen LogP contribution in [0.15, 0.2) is 24.4 Å². The second kappa shape index (κ2) is 4.87. The fraction of sp³-hybridized carbons (Fsp3) is 0.357. The highest BCUT2D eigenvalue weighted by atomic mass is 35.5. The Kier molecular flexibility index (Phi) is 3.21. The third-order valence-electron chi connectivity index (χ3n) is 3.57. The van der Waals surface area contributed by atoms with Gasteiger partial charge in [0, 0.05) is 25.1 Å². The second-order valence-corrected chi connectivity index (χ2v) is 5.27. The first-order chi connectivity index (χ1) is 9.16. The number of halogens is 1. The number of nitrogens with zero attached hydrogens (tertiary/aromatic N) is 1. The van der Waals surface area contributed by atoms with E-state index in [1.165, 1.54) is 0 Å². The average Bonchev–Trinajstić information content (AvgIpc) is 2.99. The van der Waals surface area contributed by atoms with E-state index in [2.05, 4.69) is 0 Å². The summed E-state index contributed by atoms with van der Waals surface area (Å²) < 4.78 is 7.25. The number of carboxylic acids is 1. The number of pyridine rings is 1. The van der Waals surface area contributed by atoms with Gasteiger partial charge in [-0.05, 0) is 37.0 Å². The molecule has 2 aromatic rings. The second-order valence-electron chi connectivity index (χ2n) is 4.86. The van der Waals surface area contributed by atoms with Gasteiger partial charge >= 0.3 is 5.97 Å². The predicted molar refractivity (Wildman–Crippen MR) is 72.0 cm³/mol. The number of carbonyl (C=O) groups is 1. The molecule has 1 aliphatic heterocycles. The lowest BCUT2D eigenvalue weighted by Crippen LogP contribution is -2.05. The van der Waals surface area contributed by atoms with Gasteiger partial charge in [-0.2, -0.15) is 0 Å². The van der Waals surface area contributed by atoms with E-state index in [1.807, 2.05) is 16.7 Å². The van der Waals surface area contributed by atoms with E-state index in [9.17, 15) is 9.90 Å². The van der Waals surface area contributed by atoms with Gasteiger partial charge in [0.25, 0.3) is 0 Å². The lowest BCUT2D eigenvalue weighted by atomic mass is 10.0. The average molecular weight is 280 g/mol. The molecule has 0 aromatic carbocycles. The standard InChI is InChI=1S/C14H14ClNO3/c15-12-2-1-4-16-10(6-9-3-5-19-8-9)7-11(13(12)16)14(17)18/h1-2,4,7,9H,3,5-6,8H2,(H,17,18)/t9-/m1/s1. The van der Waals surface area contributed by atoms with Crippen LogP contribution in [0.1, 0.15) is 22.5 Å². The molecule has 3 heterocycles. The Hall–Kier alpha value is -1.52. The summed E-state index contributed by atoms with van der Waals surface area (Å²) in [5.41, 5.74) is 1.82. The zero-order valence-corrected chi connectivity index (χ0v) is 11.1. The number of fused-ring (bicyclic) bond motifs is 1. The molecule has 0 saturated carbocycles. The van der Waals surface area contributed by atoms with Crippen LogP contribution in [0.25, 0.3) is 5.52 Å². The summed E-state index contributed by atoms with van der Waals surface area (Å²) in [5, 5.41) is 9.75. The summed E-state index contributed by atoms with van der Waals surface area (Å²) in [6, 6.07) is 5.27. The smallest absolute Gasteiger partial charge is 0.337 e. The van der Waals surface area contributed by atoms with Crippen molar-refractivity contribution in [3.8, 4) is 0 Å². The molecule has 100 valence electrons. The topological polar surface area (TPSA) is 50.9 Å². The summed E-state index contributed by atoms with van der Waals surface area (Å²) in [4.78, 5) is 11.3. The molecule has 2 aromatic heterocycles. The van der Waals surface area contributed by atoms with Gasteiger partial charge in [-0.25, -0.2) is 4.79 Å². The monoisotopic (exact) mass is 279 g/mol. The van der Waals surface area contributed by atoms with Crippen molar-refractivity contribution in [2.75, 3.05) is 13.2 Å². The van der Waals surface area contributed by atoms with Crippen molar-refractivity contribution in [3.05, 3.63) is 40.7 Å². The molecule has 0 unspecified atom stereocenters. The predicted octanol–water partition coefficient (Wildman–Crippen LogP) is 2.87. The molecule has 0 bridgehead atoms. The number of aromatic carboxylic acids is 1. The van der Waals surface area contributed by atoms with Crippen molar-refractivity contribution in [2.45, 2.75) is 12.8 Å². The molecule has 0 spiro atoms. The van der Waals surface area contributed by atoms with Gasteiger partial charge in [0.15, 0.2) is 0 Å². The summed E-state index contributed by atoms with van der Waals surface area (Å²) in [5.74, 6) is -0.488. The zero-order valence-electron chi connectivity index (χ0n) is 10.3. The first-order valence-electron chi connectivity index (χ1n) is 6.26. The number of hydrogen-bond acceptors (Lipinski definition) is 2. The number of carboxylic acid groups (broad SMARTS) is 1. The zero-order chi connectivity index (χ0) is 13.4. The van der Waals surface area contributed by atoms with Crippen LogP contribution in [0.3, 0.4) is 0 Å². The Morgan fingerprint density at radius 3 is 3.11 bits per heavy atom. The molecular formula is C14H14ClNO3. The molecule has 0 amide bonds. The molecule has 19 heavy (non-hydrogen) atoms. The van der Waals surface area contributed by atoms with Gasteiger partial charge in [-0.15, -0.1) is 0 Å². The highest BCUT2D eigenvalue weighted by molar-refractivity contribution is 6.34. The summed E-state index contributed by atoms with van der Waals surface area (Å²) >= 11 is 6.13. The molecule has 0 radical (unpaired) electrons. The highest BCUT2D eigenvalue weighted by Gasteiger charge is 2.21. The molecule has 3 rings (SSSR count). The van der Waals surface area contributed by atoms with Crippen molar-refractivity contribution >= 4 is 23.1 Å². The van der Waals surface area contributed by atoms with Gasteiger partial charge in [-0.1, -0.05) is 11.6 Å². The van der Waals surface area contributed by atoms with E-state index in [4.69, 9.17) is 16.3 Å². The van der Waals surface area contributed by atoms with Crippen molar-refractivity contribution < 1.29 is 14.6 Å². The maximum absolute atomic E-state index is 11.3. The van der Waals surface area contributed by atoms with E-state index in [0.29, 0.717) is 16.5 Å². The lowest BCUT2D eigenvalue weighted by molar-refractivity contribution is 0.0699. The fourth-order valence-corrected chi connectivity index (χ4v) is 2.91. The van der Waals surface area contributed by atoms with Crippen molar-refractivity contribution in [3.63, 3.8) is 0 Å². The summed E-state index contributed by atoms with van der Waals surface area (Å²) in [7, 11) is 0. The number of aromatic nitrogens is 1. The third kappa shape index (κ3) is 2.22. The Morgan fingerprint density at radius 2 is 2.42 bits per heavy atom. The largest absolute Gasteiger partial charge is 0.478 e. The molecule has 1 saturated heterocycles. The Bertz CT molecular complexity index is 629. The van der Waals surface area contributed by atoms with Gasteiger partial charge < -0.3 is 14.2 Å². The van der Waals surface area contributed by atoms with Crippen LogP contribution in [-0.2, 0) is 11.2 Å². The van der Waals surface area contributed by atoms with Crippen LogP contribution in [-0.4, -0.2) is 28.7 Å². The molecule has 1 N–H and O–H groups in total. The molecule has 1 atom stereocenters. The van der Waals surface area contributed by atoms with E-state index in [0.717, 1.165) is 31.7 Å². The van der Waals surface area contributed by atoms with Crippen molar-refractivity contribution in [2.24, 2.45) is 5.92 Å². The summed E-state index contributed by atoms with van der Waals surface area (Å²) in [6.07, 6.45) is 3.70. The molecular weight excluding hydrogens is 266 g/mol. The molecule has 4 nitrogen and oxygen atoms in total. The third-order valence-corrected chi connectivity index (χ3v) is 3.88. The van der Waals surface area contributed by atoms with Gasteiger partial charge in [0.2, 0.25) is 0 Å². The first-order valence-corrected chi connectivity index (χ1v) is 6.64. The fourth-order valence-electron chi connectivity index (χ4n) is 2.64. The summed E-state index contributed by atoms with van der Waals surface area (Å²) in [6.45, 7) is 1.54. The van der Waals surface area contributed by atoms with Crippen LogP contribution in [0.2, 0.25) is 5.02 Å². The lowest BCUT2D eigenvalue weighted by Gasteiger charge is -2.08. The minimum atomic E-state index is -0.945. The van der Waals surface area contributed by atoms with Crippen LogP contribution >= 0.6 is 11.6 Å². The van der Waals surface area contributed by atoms with Crippen molar-refractivity contribution in [1.82, 2.24) is 4.40 Å². The minimum absolute atomic E-state index is 0.263. The maximum atomic E-state index is 11.3. The Morgan fingerprint density at radius 1 is 1.58 bits per heavy atom. The molecule has 5 heteroatoms. The number of rotatable bonds is 3. The van der Waals surface area contributed by atoms with Crippen molar-refractivity contribution in [1.29, 1.82) is 0 Å². The van der Waals surface area contributed by atoms with E-state index < -0.39 is 5.97 Å². The van der Waals surface area contributed by atoms with Crippen LogP contribution in [0.4, 0.5) is 0 Å². The normalized spacial score (nSPS) is 19.1. The van der Waals surface area contributed by atoms with Crippen LogP contribution < -0.4 is 0 Å². The highest BCUT2D eigenvalue weighted by Crippen LogP contribution is 2.27. The van der Waals surface area contributed by atoms with Crippen LogP contribution in [0, 0.1) is 5.92 Å². The van der Waals surface area contributed by atoms with E-state index >= 15 is 0 Å². The Balaban J connectivity index is 2.09. The van der Waals surface area contributed by atoms with Gasteiger partial charge in [-0.3, -0.25) is 0 Å².